The Morgan fingerprint density at radius 3 is 2.68 bits per heavy atom. The SMILES string of the molecule is CCCCOc1ccc(C(=O)NCC(=O)NC2CCCc3c2cnn3Cc2ccccc2)cc1. The van der Waals surface area contributed by atoms with Crippen LogP contribution in [0.15, 0.2) is 60.8 Å². The van der Waals surface area contributed by atoms with Gasteiger partial charge >= 0.3 is 0 Å². The molecule has 4 rings (SSSR count). The molecule has 1 aliphatic carbocycles. The molecule has 0 fully saturated rings. The van der Waals surface area contributed by atoms with Crippen LogP contribution in [0.4, 0.5) is 0 Å². The topological polar surface area (TPSA) is 85.2 Å². The summed E-state index contributed by atoms with van der Waals surface area (Å²) >= 11 is 0. The lowest BCUT2D eigenvalue weighted by molar-refractivity contribution is -0.121. The van der Waals surface area contributed by atoms with Crippen molar-refractivity contribution >= 4 is 11.8 Å². The Balaban J connectivity index is 1.29. The molecule has 1 unspecified atom stereocenters. The minimum absolute atomic E-state index is 0.0719. The normalized spacial score (nSPS) is 14.8. The molecule has 0 bridgehead atoms. The molecule has 1 atom stereocenters. The maximum absolute atomic E-state index is 12.6. The molecule has 0 aliphatic heterocycles. The summed E-state index contributed by atoms with van der Waals surface area (Å²) in [6, 6.07) is 17.1. The highest BCUT2D eigenvalue weighted by atomic mass is 16.5. The van der Waals surface area contributed by atoms with E-state index in [-0.39, 0.29) is 24.4 Å². The molecule has 7 nitrogen and oxygen atoms in total. The van der Waals surface area contributed by atoms with Crippen LogP contribution < -0.4 is 15.4 Å². The van der Waals surface area contributed by atoms with Crippen LogP contribution in [-0.4, -0.2) is 34.7 Å². The van der Waals surface area contributed by atoms with Gasteiger partial charge in [0.05, 0.1) is 31.9 Å². The highest BCUT2D eigenvalue weighted by Crippen LogP contribution is 2.29. The van der Waals surface area contributed by atoms with Gasteiger partial charge in [-0.25, -0.2) is 0 Å². The Morgan fingerprint density at radius 2 is 1.91 bits per heavy atom. The van der Waals surface area contributed by atoms with Crippen LogP contribution >= 0.6 is 0 Å². The van der Waals surface area contributed by atoms with Crippen LogP contribution in [0.2, 0.25) is 0 Å². The molecule has 34 heavy (non-hydrogen) atoms. The molecule has 3 aromatic rings. The summed E-state index contributed by atoms with van der Waals surface area (Å²) in [5.41, 5.74) is 3.94. The average Bonchev–Trinajstić information content (AvgIpc) is 3.27. The van der Waals surface area contributed by atoms with E-state index in [0.29, 0.717) is 12.2 Å². The molecule has 2 N–H and O–H groups in total. The van der Waals surface area contributed by atoms with Gasteiger partial charge in [-0.3, -0.25) is 14.3 Å². The number of amides is 2. The number of ether oxygens (including phenoxy) is 1. The van der Waals surface area contributed by atoms with Crippen LogP contribution in [0.1, 0.15) is 65.8 Å². The molecule has 1 aromatic heterocycles. The van der Waals surface area contributed by atoms with Crippen molar-refractivity contribution in [2.75, 3.05) is 13.2 Å². The number of nitrogens with zero attached hydrogens (tertiary/aromatic N) is 2. The fourth-order valence-electron chi connectivity index (χ4n) is 4.21. The zero-order chi connectivity index (χ0) is 23.8. The molecule has 0 spiro atoms. The largest absolute Gasteiger partial charge is 0.494 e. The number of nitrogens with one attached hydrogen (secondary N) is 2. The second-order valence-electron chi connectivity index (χ2n) is 8.61. The summed E-state index contributed by atoms with van der Waals surface area (Å²) < 4.78 is 7.65. The van der Waals surface area contributed by atoms with Crippen molar-refractivity contribution in [3.63, 3.8) is 0 Å². The summed E-state index contributed by atoms with van der Waals surface area (Å²) in [4.78, 5) is 25.0. The van der Waals surface area contributed by atoms with E-state index in [1.54, 1.807) is 24.3 Å². The smallest absolute Gasteiger partial charge is 0.251 e. The average molecular weight is 461 g/mol. The van der Waals surface area contributed by atoms with E-state index < -0.39 is 0 Å². The summed E-state index contributed by atoms with van der Waals surface area (Å²) in [6.07, 6.45) is 6.73. The predicted octanol–water partition coefficient (Wildman–Crippen LogP) is 4.03. The first kappa shape index (κ1) is 23.5. The van der Waals surface area contributed by atoms with Gasteiger partial charge in [-0.05, 0) is 55.5 Å². The van der Waals surface area contributed by atoms with Gasteiger partial charge in [0.25, 0.3) is 5.91 Å². The predicted molar refractivity (Wildman–Crippen MR) is 131 cm³/mol. The van der Waals surface area contributed by atoms with Gasteiger partial charge in [-0.15, -0.1) is 0 Å². The van der Waals surface area contributed by atoms with Crippen LogP contribution in [-0.2, 0) is 17.8 Å². The number of carbonyl (C=O) groups is 2. The van der Waals surface area contributed by atoms with Crippen LogP contribution in [0, 0.1) is 0 Å². The third kappa shape index (κ3) is 6.04. The number of rotatable bonds is 10. The molecule has 0 saturated heterocycles. The molecular weight excluding hydrogens is 428 g/mol. The summed E-state index contributed by atoms with van der Waals surface area (Å²) in [5.74, 6) is 0.250. The van der Waals surface area contributed by atoms with Gasteiger partial charge in [0.2, 0.25) is 5.91 Å². The first-order valence-electron chi connectivity index (χ1n) is 12.0. The first-order chi connectivity index (χ1) is 16.6. The van der Waals surface area contributed by atoms with Crippen LogP contribution in [0.5, 0.6) is 5.75 Å². The molecule has 2 amide bonds. The van der Waals surface area contributed by atoms with Crippen LogP contribution in [0.3, 0.4) is 0 Å². The molecular formula is C27H32N4O3. The first-order valence-corrected chi connectivity index (χ1v) is 12.0. The Kier molecular flexibility index (Phi) is 7.96. The lowest BCUT2D eigenvalue weighted by Gasteiger charge is -2.24. The monoisotopic (exact) mass is 460 g/mol. The quantitative estimate of drug-likeness (QED) is 0.447. The van der Waals surface area contributed by atoms with E-state index in [9.17, 15) is 9.59 Å². The summed E-state index contributed by atoms with van der Waals surface area (Å²) in [6.45, 7) is 3.42. The molecule has 2 aromatic carbocycles. The fraction of sp³-hybridized carbons (Fsp3) is 0.370. The standard InChI is InChI=1S/C27H32N4O3/c1-2-3-16-34-22-14-12-21(13-15-22)27(33)28-18-26(32)30-24-10-7-11-25-23(24)17-29-31(25)19-20-8-5-4-6-9-20/h4-6,8-9,12-15,17,24H,2-3,7,10-11,16,18-19H2,1H3,(H,28,33)(H,30,32). The number of benzene rings is 2. The van der Waals surface area contributed by atoms with E-state index in [4.69, 9.17) is 4.74 Å². The second-order valence-corrected chi connectivity index (χ2v) is 8.61. The lowest BCUT2D eigenvalue weighted by Crippen LogP contribution is -2.39. The zero-order valence-electron chi connectivity index (χ0n) is 19.6. The molecule has 7 heteroatoms. The summed E-state index contributed by atoms with van der Waals surface area (Å²) in [5, 5.41) is 10.4. The van der Waals surface area contributed by atoms with E-state index >= 15 is 0 Å². The highest BCUT2D eigenvalue weighted by molar-refractivity contribution is 5.96. The molecule has 0 saturated carbocycles. The number of hydrogen-bond acceptors (Lipinski definition) is 4. The van der Waals surface area contributed by atoms with Gasteiger partial charge in [0.15, 0.2) is 0 Å². The van der Waals surface area contributed by atoms with Crippen LogP contribution in [0.25, 0.3) is 0 Å². The van der Waals surface area contributed by atoms with Crippen molar-refractivity contribution in [1.29, 1.82) is 0 Å². The second kappa shape index (κ2) is 11.5. The number of aromatic nitrogens is 2. The van der Waals surface area contributed by atoms with Crippen molar-refractivity contribution < 1.29 is 14.3 Å². The van der Waals surface area contributed by atoms with Gasteiger partial charge in [0, 0.05) is 16.8 Å². The van der Waals surface area contributed by atoms with Gasteiger partial charge < -0.3 is 15.4 Å². The Morgan fingerprint density at radius 1 is 1.12 bits per heavy atom. The lowest BCUT2D eigenvalue weighted by atomic mass is 9.93. The molecule has 0 radical (unpaired) electrons. The third-order valence-electron chi connectivity index (χ3n) is 6.07. The number of unbranched alkanes of at least 4 members (excludes halogenated alkanes) is 1. The maximum atomic E-state index is 12.6. The maximum Gasteiger partial charge on any atom is 0.251 e. The zero-order valence-corrected chi connectivity index (χ0v) is 19.6. The Labute approximate surface area is 200 Å². The van der Waals surface area contributed by atoms with Crippen molar-refractivity contribution in [1.82, 2.24) is 20.4 Å². The van der Waals surface area contributed by atoms with Gasteiger partial charge in [-0.2, -0.15) is 5.10 Å². The molecule has 1 aliphatic rings. The summed E-state index contributed by atoms with van der Waals surface area (Å²) in [7, 11) is 0. The van der Waals surface area contributed by atoms with E-state index in [1.165, 1.54) is 11.3 Å². The van der Waals surface area contributed by atoms with Crippen molar-refractivity contribution in [3.8, 4) is 5.75 Å². The highest BCUT2D eigenvalue weighted by Gasteiger charge is 2.25. The number of fused-ring (bicyclic) bond motifs is 1. The van der Waals surface area contributed by atoms with E-state index in [0.717, 1.165) is 50.0 Å². The third-order valence-corrected chi connectivity index (χ3v) is 6.07. The fourth-order valence-corrected chi connectivity index (χ4v) is 4.21. The minimum atomic E-state index is -0.282. The van der Waals surface area contributed by atoms with E-state index in [1.807, 2.05) is 29.1 Å². The van der Waals surface area contributed by atoms with Gasteiger partial charge in [0.1, 0.15) is 5.75 Å². The molecule has 1 heterocycles. The van der Waals surface area contributed by atoms with Crippen molar-refractivity contribution in [2.45, 2.75) is 51.6 Å². The van der Waals surface area contributed by atoms with Gasteiger partial charge in [-0.1, -0.05) is 43.7 Å². The Bertz CT molecular complexity index is 1090. The molecule has 178 valence electrons. The number of hydrogen-bond donors (Lipinski definition) is 2. The number of carbonyl (C=O) groups excluding carboxylic acids is 2. The van der Waals surface area contributed by atoms with Crippen molar-refractivity contribution in [3.05, 3.63) is 83.2 Å². The minimum Gasteiger partial charge on any atom is -0.494 e. The Hall–Kier alpha value is -3.61. The van der Waals surface area contributed by atoms with E-state index in [2.05, 4.69) is 34.8 Å². The van der Waals surface area contributed by atoms with Crippen molar-refractivity contribution in [2.24, 2.45) is 0 Å².